The van der Waals surface area contributed by atoms with Gasteiger partial charge in [-0.1, -0.05) is 74.3 Å². The molecule has 0 spiro atoms. The van der Waals surface area contributed by atoms with Crippen LogP contribution in [0.4, 0.5) is 5.69 Å². The molecule has 1 heterocycles. The van der Waals surface area contributed by atoms with E-state index in [-0.39, 0.29) is 24.2 Å². The summed E-state index contributed by atoms with van der Waals surface area (Å²) in [6.45, 7) is 5.89. The van der Waals surface area contributed by atoms with Gasteiger partial charge in [-0.25, -0.2) is 0 Å². The number of halogens is 2. The Morgan fingerprint density at radius 2 is 1.72 bits per heavy atom. The predicted octanol–water partition coefficient (Wildman–Crippen LogP) is 5.35. The topological polar surface area (TPSA) is 66.5 Å². The second kappa shape index (κ2) is 8.20. The van der Waals surface area contributed by atoms with Crippen molar-refractivity contribution in [1.82, 2.24) is 4.90 Å². The normalized spacial score (nSPS) is 25.0. The molecule has 7 heteroatoms. The van der Waals surface area contributed by atoms with Crippen LogP contribution in [0.3, 0.4) is 0 Å². The molecule has 0 radical (unpaired) electrons. The van der Waals surface area contributed by atoms with Gasteiger partial charge >= 0.3 is 0 Å². The zero-order valence-corrected chi connectivity index (χ0v) is 19.8. The molecular weight excluding hydrogens is 447 g/mol. The molecule has 1 saturated heterocycles. The number of carbonyl (C=O) groups excluding carboxylic acids is 3. The molecule has 3 unspecified atom stereocenters. The minimum Gasteiger partial charge on any atom is -0.324 e. The van der Waals surface area contributed by atoms with Gasteiger partial charge in [0.2, 0.25) is 17.7 Å². The molecule has 3 atom stereocenters. The quantitative estimate of drug-likeness (QED) is 0.595. The summed E-state index contributed by atoms with van der Waals surface area (Å²) in [4.78, 5) is 41.9. The van der Waals surface area contributed by atoms with Crippen molar-refractivity contribution in [3.8, 4) is 0 Å². The number of rotatable bonds is 5. The Balaban J connectivity index is 1.72. The van der Waals surface area contributed by atoms with Gasteiger partial charge in [-0.05, 0) is 42.0 Å². The number of piperidine rings is 1. The van der Waals surface area contributed by atoms with Crippen molar-refractivity contribution < 1.29 is 14.4 Å². The van der Waals surface area contributed by atoms with Crippen molar-refractivity contribution in [2.24, 2.45) is 16.7 Å². The molecule has 1 N–H and O–H groups in total. The van der Waals surface area contributed by atoms with E-state index in [1.165, 1.54) is 4.90 Å². The van der Waals surface area contributed by atoms with E-state index in [4.69, 9.17) is 23.2 Å². The van der Waals surface area contributed by atoms with E-state index in [0.717, 1.165) is 5.56 Å². The van der Waals surface area contributed by atoms with Crippen molar-refractivity contribution in [3.05, 3.63) is 64.1 Å². The summed E-state index contributed by atoms with van der Waals surface area (Å²) in [6.07, 6.45) is 1.51. The number of imide groups is 1. The third kappa shape index (κ3) is 3.71. The maximum atomic E-state index is 13.7. The fraction of sp³-hybridized carbons (Fsp3) is 0.400. The van der Waals surface area contributed by atoms with Crippen LogP contribution in [0.15, 0.2) is 48.5 Å². The average molecular weight is 473 g/mol. The maximum Gasteiger partial charge on any atom is 0.248 e. The lowest BCUT2D eigenvalue weighted by molar-refractivity contribution is -0.172. The monoisotopic (exact) mass is 472 g/mol. The third-order valence-corrected chi connectivity index (χ3v) is 7.91. The Bertz CT molecular complexity index is 1070. The van der Waals surface area contributed by atoms with E-state index < -0.39 is 22.8 Å². The minimum absolute atomic E-state index is 0.224. The summed E-state index contributed by atoms with van der Waals surface area (Å²) in [5.41, 5.74) is 0.128. The largest absolute Gasteiger partial charge is 0.324 e. The number of hydrogen-bond donors (Lipinski definition) is 1. The van der Waals surface area contributed by atoms with Crippen LogP contribution in [0.25, 0.3) is 0 Å². The number of fused-ring (bicyclic) bond motifs is 2. The lowest BCUT2D eigenvalue weighted by atomic mass is 9.62. The van der Waals surface area contributed by atoms with Crippen molar-refractivity contribution >= 4 is 46.6 Å². The molecule has 1 aliphatic heterocycles. The summed E-state index contributed by atoms with van der Waals surface area (Å²) < 4.78 is 0. The summed E-state index contributed by atoms with van der Waals surface area (Å²) >= 11 is 12.2. The minimum atomic E-state index is -0.980. The van der Waals surface area contributed by atoms with Gasteiger partial charge in [-0.3, -0.25) is 19.3 Å². The number of likely N-dealkylation sites (tertiary alicyclic amines) is 1. The van der Waals surface area contributed by atoms with E-state index in [1.54, 1.807) is 18.2 Å². The van der Waals surface area contributed by atoms with Crippen LogP contribution in [-0.4, -0.2) is 28.7 Å². The molecule has 0 aromatic heterocycles. The Labute approximate surface area is 198 Å². The number of amides is 3. The molecule has 168 valence electrons. The van der Waals surface area contributed by atoms with E-state index in [1.807, 2.05) is 51.1 Å². The van der Waals surface area contributed by atoms with Gasteiger partial charge in [-0.15, -0.1) is 0 Å². The van der Waals surface area contributed by atoms with Gasteiger partial charge in [0.25, 0.3) is 0 Å². The summed E-state index contributed by atoms with van der Waals surface area (Å²) in [7, 11) is 0. The van der Waals surface area contributed by atoms with Gasteiger partial charge in [0.15, 0.2) is 0 Å². The van der Waals surface area contributed by atoms with Gasteiger partial charge in [0.1, 0.15) is 6.04 Å². The van der Waals surface area contributed by atoms with Crippen LogP contribution in [0.2, 0.25) is 10.0 Å². The number of nitrogens with one attached hydrogen (secondary N) is 1. The molecular formula is C25H26Cl2N2O3. The molecule has 3 amide bonds. The Hall–Kier alpha value is -2.37. The highest BCUT2D eigenvalue weighted by molar-refractivity contribution is 6.35. The second-order valence-corrected chi connectivity index (χ2v) is 10.4. The lowest BCUT2D eigenvalue weighted by Crippen LogP contribution is -2.64. The molecule has 2 aliphatic rings. The number of carbonyl (C=O) groups is 3. The van der Waals surface area contributed by atoms with Crippen molar-refractivity contribution in [2.75, 3.05) is 5.32 Å². The molecule has 1 saturated carbocycles. The van der Waals surface area contributed by atoms with Crippen molar-refractivity contribution in [1.29, 1.82) is 0 Å². The van der Waals surface area contributed by atoms with Crippen LogP contribution in [0.5, 0.6) is 0 Å². The molecule has 2 bridgehead atoms. The zero-order valence-electron chi connectivity index (χ0n) is 18.3. The molecule has 32 heavy (non-hydrogen) atoms. The summed E-state index contributed by atoms with van der Waals surface area (Å²) in [5, 5.41) is 3.57. The summed E-state index contributed by atoms with van der Waals surface area (Å²) in [5.74, 6) is -1.29. The Morgan fingerprint density at radius 3 is 2.34 bits per heavy atom. The molecule has 5 nitrogen and oxygen atoms in total. The zero-order chi connectivity index (χ0) is 23.3. The fourth-order valence-electron chi connectivity index (χ4n) is 5.13. The van der Waals surface area contributed by atoms with Gasteiger partial charge in [-0.2, -0.15) is 0 Å². The smallest absolute Gasteiger partial charge is 0.248 e. The number of anilines is 1. The molecule has 4 rings (SSSR count). The first-order valence-electron chi connectivity index (χ1n) is 10.7. The van der Waals surface area contributed by atoms with Crippen LogP contribution in [-0.2, 0) is 20.8 Å². The highest BCUT2D eigenvalue weighted by atomic mass is 35.5. The van der Waals surface area contributed by atoms with Gasteiger partial charge in [0.05, 0.1) is 5.41 Å². The van der Waals surface area contributed by atoms with Crippen LogP contribution >= 0.6 is 23.2 Å². The van der Waals surface area contributed by atoms with Crippen LogP contribution in [0.1, 0.15) is 39.2 Å². The molecule has 2 aromatic carbocycles. The highest BCUT2D eigenvalue weighted by Gasteiger charge is 2.65. The average Bonchev–Trinajstić information content (AvgIpc) is 2.90. The van der Waals surface area contributed by atoms with Gasteiger partial charge < -0.3 is 5.32 Å². The van der Waals surface area contributed by atoms with Crippen molar-refractivity contribution in [2.45, 2.75) is 46.1 Å². The molecule has 2 aromatic rings. The Kier molecular flexibility index (Phi) is 5.84. The Morgan fingerprint density at radius 1 is 1.09 bits per heavy atom. The standard InChI is InChI=1S/C25H26Cl2N2O3/c1-24(2)19-9-10-25(24,3)23(32)29(22(19)31)20(11-15-7-5-4-6-8-15)21(30)28-18-13-16(26)12-17(27)14-18/h4-8,12-14,19-20H,9-11H2,1-3H3,(H,28,30). The number of nitrogens with zero attached hydrogens (tertiary/aromatic N) is 1. The van der Waals surface area contributed by atoms with Crippen molar-refractivity contribution in [3.63, 3.8) is 0 Å². The number of benzene rings is 2. The second-order valence-electron chi connectivity index (χ2n) is 9.51. The van der Waals surface area contributed by atoms with Crippen LogP contribution in [0, 0.1) is 16.7 Å². The van der Waals surface area contributed by atoms with Gasteiger partial charge in [0, 0.05) is 28.1 Å². The molecule has 1 aliphatic carbocycles. The lowest BCUT2D eigenvalue weighted by Gasteiger charge is -2.49. The maximum absolute atomic E-state index is 13.7. The third-order valence-electron chi connectivity index (χ3n) is 7.47. The fourth-order valence-corrected chi connectivity index (χ4v) is 5.66. The molecule has 2 fully saturated rings. The van der Waals surface area contributed by atoms with E-state index in [9.17, 15) is 14.4 Å². The van der Waals surface area contributed by atoms with Crippen LogP contribution < -0.4 is 5.32 Å². The number of hydrogen-bond acceptors (Lipinski definition) is 3. The SMILES string of the molecule is CC12CCC(C(=O)N(C(Cc3ccccc3)C(=O)Nc3cc(Cl)cc(Cl)c3)C1=O)C2(C)C. The summed E-state index contributed by atoms with van der Waals surface area (Å²) in [6, 6.07) is 13.1. The first-order valence-corrected chi connectivity index (χ1v) is 11.5. The first kappa shape index (κ1) is 22.8. The predicted molar refractivity (Wildman–Crippen MR) is 125 cm³/mol. The van der Waals surface area contributed by atoms with E-state index in [0.29, 0.717) is 28.6 Å². The first-order chi connectivity index (χ1) is 15.0. The van der Waals surface area contributed by atoms with E-state index in [2.05, 4.69) is 5.32 Å². The highest BCUT2D eigenvalue weighted by Crippen LogP contribution is 2.60. The van der Waals surface area contributed by atoms with E-state index >= 15 is 0 Å².